The number of nitrogens with one attached hydrogen (secondary N) is 1. The van der Waals surface area contributed by atoms with Gasteiger partial charge in [-0.1, -0.05) is 18.0 Å². The summed E-state index contributed by atoms with van der Waals surface area (Å²) in [5.74, 6) is 5.86. The molecule has 0 aliphatic heterocycles. The van der Waals surface area contributed by atoms with Gasteiger partial charge < -0.3 is 0 Å². The third-order valence-corrected chi connectivity index (χ3v) is 5.88. The number of nitrogens with zero attached hydrogens (tertiary/aromatic N) is 1. The Morgan fingerprint density at radius 2 is 2.25 bits per heavy atom. The van der Waals surface area contributed by atoms with Crippen molar-refractivity contribution in [3.05, 3.63) is 29.0 Å². The minimum atomic E-state index is -3.00. The van der Waals surface area contributed by atoms with Crippen molar-refractivity contribution >= 4 is 21.4 Å². The van der Waals surface area contributed by atoms with Crippen LogP contribution in [-0.2, 0) is 9.84 Å². The summed E-state index contributed by atoms with van der Waals surface area (Å²) in [7, 11) is -3.00. The maximum absolute atomic E-state index is 11.8. The van der Waals surface area contributed by atoms with E-state index in [9.17, 15) is 8.42 Å². The molecular formula is C13H20ClN3O2S. The summed E-state index contributed by atoms with van der Waals surface area (Å²) in [6.07, 6.45) is 6.19. The lowest BCUT2D eigenvalue weighted by Crippen LogP contribution is -2.38. The van der Waals surface area contributed by atoms with E-state index in [0.717, 1.165) is 24.8 Å². The van der Waals surface area contributed by atoms with Crippen molar-refractivity contribution in [3.63, 3.8) is 0 Å². The molecule has 2 rings (SSSR count). The second-order valence-corrected chi connectivity index (χ2v) is 8.15. The molecule has 0 aromatic carbocycles. The molecule has 5 nitrogen and oxygen atoms in total. The molecule has 3 atom stereocenters. The van der Waals surface area contributed by atoms with Crippen molar-refractivity contribution in [2.45, 2.75) is 37.0 Å². The van der Waals surface area contributed by atoms with E-state index in [-0.39, 0.29) is 17.2 Å². The normalized spacial score (nSPS) is 25.4. The van der Waals surface area contributed by atoms with Crippen molar-refractivity contribution in [2.24, 2.45) is 11.8 Å². The van der Waals surface area contributed by atoms with Crippen LogP contribution in [0.15, 0.2) is 18.3 Å². The molecule has 7 heteroatoms. The number of rotatable bonds is 4. The number of hydrazine groups is 1. The maximum atomic E-state index is 11.8. The molecule has 1 heterocycles. The van der Waals surface area contributed by atoms with E-state index in [1.807, 2.05) is 6.07 Å². The molecule has 0 bridgehead atoms. The fourth-order valence-electron chi connectivity index (χ4n) is 2.99. The van der Waals surface area contributed by atoms with E-state index < -0.39 is 9.84 Å². The molecule has 1 fully saturated rings. The highest BCUT2D eigenvalue weighted by molar-refractivity contribution is 7.91. The quantitative estimate of drug-likeness (QED) is 0.503. The molecule has 0 amide bonds. The summed E-state index contributed by atoms with van der Waals surface area (Å²) in [4.78, 5) is 3.96. The van der Waals surface area contributed by atoms with Gasteiger partial charge in [0.2, 0.25) is 0 Å². The van der Waals surface area contributed by atoms with Crippen LogP contribution in [0, 0.1) is 5.92 Å². The third kappa shape index (κ3) is 3.69. The van der Waals surface area contributed by atoms with Crippen LogP contribution in [0.25, 0.3) is 0 Å². The summed E-state index contributed by atoms with van der Waals surface area (Å²) in [5.41, 5.74) is 3.76. The van der Waals surface area contributed by atoms with E-state index in [1.54, 1.807) is 12.3 Å². The molecule has 3 N–H and O–H groups in total. The average Bonchev–Trinajstić information content (AvgIpc) is 2.39. The first-order valence-electron chi connectivity index (χ1n) is 6.68. The molecule has 1 aliphatic carbocycles. The lowest BCUT2D eigenvalue weighted by molar-refractivity contribution is 0.274. The highest BCUT2D eigenvalue weighted by Crippen LogP contribution is 2.36. The zero-order valence-corrected chi connectivity index (χ0v) is 13.0. The molecule has 1 saturated carbocycles. The van der Waals surface area contributed by atoms with E-state index in [2.05, 4.69) is 10.4 Å². The Labute approximate surface area is 124 Å². The minimum absolute atomic E-state index is 0.0972. The first-order chi connectivity index (χ1) is 9.41. The van der Waals surface area contributed by atoms with Gasteiger partial charge in [0, 0.05) is 18.5 Å². The standard InChI is InChI=1S/C13H20ClN3O2S/c1-20(18,19)11-4-2-3-9(7-11)13(17-15)10-5-6-16-12(14)8-10/h5-6,8-9,11,13,17H,2-4,7,15H2,1H3. The molecule has 1 aromatic rings. The van der Waals surface area contributed by atoms with Crippen LogP contribution < -0.4 is 11.3 Å². The minimum Gasteiger partial charge on any atom is -0.271 e. The molecule has 1 aromatic heterocycles. The van der Waals surface area contributed by atoms with Crippen molar-refractivity contribution < 1.29 is 8.42 Å². The highest BCUT2D eigenvalue weighted by Gasteiger charge is 2.33. The average molecular weight is 318 g/mol. The Morgan fingerprint density at radius 3 is 2.85 bits per heavy atom. The fraction of sp³-hybridized carbons (Fsp3) is 0.615. The Morgan fingerprint density at radius 1 is 1.50 bits per heavy atom. The summed E-state index contributed by atoms with van der Waals surface area (Å²) in [6, 6.07) is 3.54. The molecule has 112 valence electrons. The molecule has 0 spiro atoms. The Kier molecular flexibility index (Phi) is 5.01. The van der Waals surface area contributed by atoms with Crippen LogP contribution in [0.4, 0.5) is 0 Å². The van der Waals surface area contributed by atoms with Crippen LogP contribution in [0.5, 0.6) is 0 Å². The topological polar surface area (TPSA) is 85.1 Å². The van der Waals surface area contributed by atoms with Crippen LogP contribution >= 0.6 is 11.6 Å². The Hall–Kier alpha value is -0.690. The summed E-state index contributed by atoms with van der Waals surface area (Å²) >= 11 is 5.91. The number of hydrogen-bond acceptors (Lipinski definition) is 5. The first-order valence-corrected chi connectivity index (χ1v) is 9.01. The second kappa shape index (κ2) is 6.39. The molecule has 1 aliphatic rings. The van der Waals surface area contributed by atoms with E-state index in [1.165, 1.54) is 6.26 Å². The van der Waals surface area contributed by atoms with Crippen molar-refractivity contribution in [1.29, 1.82) is 0 Å². The van der Waals surface area contributed by atoms with Gasteiger partial charge in [0.05, 0.1) is 5.25 Å². The molecular weight excluding hydrogens is 298 g/mol. The SMILES string of the molecule is CS(=O)(=O)C1CCCC(C(NN)c2ccnc(Cl)c2)C1. The van der Waals surface area contributed by atoms with Crippen LogP contribution in [-0.4, -0.2) is 24.9 Å². The number of hydrogen-bond donors (Lipinski definition) is 2. The smallest absolute Gasteiger partial charge is 0.150 e. The zero-order valence-electron chi connectivity index (χ0n) is 11.4. The van der Waals surface area contributed by atoms with Crippen LogP contribution in [0.1, 0.15) is 37.3 Å². The first kappa shape index (κ1) is 15.7. The fourth-order valence-corrected chi connectivity index (χ4v) is 4.36. The van der Waals surface area contributed by atoms with E-state index >= 15 is 0 Å². The number of pyridine rings is 1. The van der Waals surface area contributed by atoms with Gasteiger partial charge in [-0.2, -0.15) is 0 Å². The van der Waals surface area contributed by atoms with Gasteiger partial charge in [0.15, 0.2) is 0 Å². The molecule has 20 heavy (non-hydrogen) atoms. The van der Waals surface area contributed by atoms with Crippen molar-refractivity contribution in [3.8, 4) is 0 Å². The lowest BCUT2D eigenvalue weighted by atomic mass is 9.81. The number of halogens is 1. The molecule has 0 saturated heterocycles. The maximum Gasteiger partial charge on any atom is 0.150 e. The zero-order chi connectivity index (χ0) is 14.8. The van der Waals surface area contributed by atoms with E-state index in [0.29, 0.717) is 11.6 Å². The number of sulfone groups is 1. The van der Waals surface area contributed by atoms with Gasteiger partial charge in [0.25, 0.3) is 0 Å². The van der Waals surface area contributed by atoms with Crippen LogP contribution in [0.2, 0.25) is 5.15 Å². The largest absolute Gasteiger partial charge is 0.271 e. The van der Waals surface area contributed by atoms with Crippen LogP contribution in [0.3, 0.4) is 0 Å². The van der Waals surface area contributed by atoms with Gasteiger partial charge in [-0.3, -0.25) is 11.3 Å². The van der Waals surface area contributed by atoms with Gasteiger partial charge >= 0.3 is 0 Å². The predicted molar refractivity (Wildman–Crippen MR) is 79.9 cm³/mol. The molecule has 0 radical (unpaired) electrons. The summed E-state index contributed by atoms with van der Waals surface area (Å²) in [5, 5.41) is 0.146. The van der Waals surface area contributed by atoms with E-state index in [4.69, 9.17) is 17.4 Å². The summed E-state index contributed by atoms with van der Waals surface area (Å²) in [6.45, 7) is 0. The Bertz CT molecular complexity index is 564. The van der Waals surface area contributed by atoms with Gasteiger partial charge in [-0.15, -0.1) is 0 Å². The third-order valence-electron chi connectivity index (χ3n) is 4.03. The summed E-state index contributed by atoms with van der Waals surface area (Å²) < 4.78 is 23.5. The molecule has 3 unspecified atom stereocenters. The van der Waals surface area contributed by atoms with Gasteiger partial charge in [0.1, 0.15) is 15.0 Å². The number of nitrogens with two attached hydrogens (primary N) is 1. The van der Waals surface area contributed by atoms with Crippen molar-refractivity contribution in [1.82, 2.24) is 10.4 Å². The monoisotopic (exact) mass is 317 g/mol. The lowest BCUT2D eigenvalue weighted by Gasteiger charge is -2.33. The predicted octanol–water partition coefficient (Wildman–Crippen LogP) is 1.84. The highest BCUT2D eigenvalue weighted by atomic mass is 35.5. The second-order valence-electron chi connectivity index (χ2n) is 5.43. The van der Waals surface area contributed by atoms with Crippen molar-refractivity contribution in [2.75, 3.05) is 6.26 Å². The number of aromatic nitrogens is 1. The Balaban J connectivity index is 2.19. The van der Waals surface area contributed by atoms with Gasteiger partial charge in [-0.25, -0.2) is 13.4 Å². The van der Waals surface area contributed by atoms with Gasteiger partial charge in [-0.05, 0) is 42.9 Å².